The number of rotatable bonds is 2. The molecule has 1 heterocycles. The van der Waals surface area contributed by atoms with Crippen molar-refractivity contribution in [3.8, 4) is 0 Å². The molecule has 4 rings (SSSR count). The molecule has 0 spiro atoms. The van der Waals surface area contributed by atoms with Gasteiger partial charge in [0.2, 0.25) is 5.91 Å². The zero-order chi connectivity index (χ0) is 21.0. The molecule has 0 bridgehead atoms. The maximum atomic E-state index is 13.9. The normalized spacial score (nSPS) is 18.8. The first-order valence-corrected chi connectivity index (χ1v) is 10.3. The lowest BCUT2D eigenvalue weighted by atomic mass is 9.75. The van der Waals surface area contributed by atoms with E-state index in [1.54, 1.807) is 0 Å². The lowest BCUT2D eigenvalue weighted by molar-refractivity contribution is -0.120. The number of benzene rings is 3. The van der Waals surface area contributed by atoms with Gasteiger partial charge in [-0.05, 0) is 66.6 Å². The lowest BCUT2D eigenvalue weighted by Crippen LogP contribution is -2.36. The van der Waals surface area contributed by atoms with E-state index in [1.807, 2.05) is 17.0 Å². The van der Waals surface area contributed by atoms with Crippen LogP contribution in [0.3, 0.4) is 0 Å². The van der Waals surface area contributed by atoms with E-state index in [4.69, 9.17) is 0 Å². The molecule has 0 fully saturated rings. The molecule has 3 aromatic carbocycles. The van der Waals surface area contributed by atoms with Crippen LogP contribution in [0.4, 0.5) is 11.4 Å². The van der Waals surface area contributed by atoms with Crippen molar-refractivity contribution in [2.45, 2.75) is 52.4 Å². The average Bonchev–Trinajstić information content (AvgIpc) is 2.89. The van der Waals surface area contributed by atoms with Gasteiger partial charge in [0.05, 0.1) is 11.1 Å². The first-order valence-electron chi connectivity index (χ1n) is 10.3. The minimum atomic E-state index is -0.707. The van der Waals surface area contributed by atoms with E-state index in [0.29, 0.717) is 0 Å². The fourth-order valence-electron chi connectivity index (χ4n) is 4.30. The van der Waals surface area contributed by atoms with E-state index in [1.165, 1.54) is 11.1 Å². The van der Waals surface area contributed by atoms with Gasteiger partial charge in [0.15, 0.2) is 0 Å². The standard InChI is InChI=1S/C27H29NO/c1-18-8-7-9-22(16-18)28-24-15-10-19(2)17-23(24)27(6,25(28)29)21-13-11-20(12-14-21)26(3,4)5/h7-17H,1-6H3. The first-order chi connectivity index (χ1) is 13.6. The van der Waals surface area contributed by atoms with E-state index in [0.717, 1.165) is 28.1 Å². The van der Waals surface area contributed by atoms with Gasteiger partial charge in [0, 0.05) is 5.69 Å². The number of nitrogens with zero attached hydrogens (tertiary/aromatic N) is 1. The molecular formula is C27H29NO. The van der Waals surface area contributed by atoms with Crippen molar-refractivity contribution in [1.29, 1.82) is 0 Å². The highest BCUT2D eigenvalue weighted by molar-refractivity contribution is 6.14. The molecule has 0 aliphatic carbocycles. The molecule has 0 aromatic heterocycles. The molecule has 0 saturated carbocycles. The van der Waals surface area contributed by atoms with Crippen molar-refractivity contribution in [2.75, 3.05) is 4.90 Å². The summed E-state index contributed by atoms with van der Waals surface area (Å²) in [5.74, 6) is 0.104. The Morgan fingerprint density at radius 3 is 2.10 bits per heavy atom. The first kappa shape index (κ1) is 19.4. The molecule has 1 amide bonds. The summed E-state index contributed by atoms with van der Waals surface area (Å²) >= 11 is 0. The quantitative estimate of drug-likeness (QED) is 0.489. The van der Waals surface area contributed by atoms with Crippen molar-refractivity contribution in [2.24, 2.45) is 0 Å². The molecule has 29 heavy (non-hydrogen) atoms. The van der Waals surface area contributed by atoms with Gasteiger partial charge in [-0.2, -0.15) is 0 Å². The minimum Gasteiger partial charge on any atom is -0.280 e. The van der Waals surface area contributed by atoms with Crippen LogP contribution in [0, 0.1) is 13.8 Å². The van der Waals surface area contributed by atoms with Crippen LogP contribution in [0.2, 0.25) is 0 Å². The van der Waals surface area contributed by atoms with Crippen LogP contribution in [-0.4, -0.2) is 5.91 Å². The molecular weight excluding hydrogens is 354 g/mol. The Labute approximate surface area is 174 Å². The summed E-state index contributed by atoms with van der Waals surface area (Å²) in [7, 11) is 0. The van der Waals surface area contributed by atoms with E-state index in [2.05, 4.69) is 96.1 Å². The lowest BCUT2D eigenvalue weighted by Gasteiger charge is -2.27. The van der Waals surface area contributed by atoms with Gasteiger partial charge in [-0.15, -0.1) is 0 Å². The number of anilines is 2. The third kappa shape index (κ3) is 3.07. The highest BCUT2D eigenvalue weighted by Crippen LogP contribution is 2.49. The maximum Gasteiger partial charge on any atom is 0.246 e. The largest absolute Gasteiger partial charge is 0.280 e. The zero-order valence-electron chi connectivity index (χ0n) is 18.2. The van der Waals surface area contributed by atoms with Crippen LogP contribution >= 0.6 is 0 Å². The molecule has 1 aliphatic heterocycles. The van der Waals surface area contributed by atoms with E-state index < -0.39 is 5.41 Å². The Hall–Kier alpha value is -2.87. The van der Waals surface area contributed by atoms with Gasteiger partial charge in [-0.25, -0.2) is 0 Å². The summed E-state index contributed by atoms with van der Waals surface area (Å²) in [6, 6.07) is 23.1. The molecule has 0 saturated heterocycles. The molecule has 1 aliphatic rings. The highest BCUT2D eigenvalue weighted by atomic mass is 16.2. The van der Waals surface area contributed by atoms with Crippen molar-refractivity contribution in [3.05, 3.63) is 94.5 Å². The smallest absolute Gasteiger partial charge is 0.246 e. The van der Waals surface area contributed by atoms with E-state index in [-0.39, 0.29) is 11.3 Å². The van der Waals surface area contributed by atoms with E-state index in [9.17, 15) is 4.79 Å². The second-order valence-corrected chi connectivity index (χ2v) is 9.45. The molecule has 1 atom stereocenters. The fourth-order valence-corrected chi connectivity index (χ4v) is 4.30. The van der Waals surface area contributed by atoms with Gasteiger partial charge in [0.1, 0.15) is 0 Å². The van der Waals surface area contributed by atoms with Crippen LogP contribution in [0.5, 0.6) is 0 Å². The topological polar surface area (TPSA) is 20.3 Å². The van der Waals surface area contributed by atoms with Crippen molar-refractivity contribution in [1.82, 2.24) is 0 Å². The Balaban J connectivity index is 1.90. The number of carbonyl (C=O) groups is 1. The number of fused-ring (bicyclic) bond motifs is 1. The van der Waals surface area contributed by atoms with Crippen LogP contribution in [0.15, 0.2) is 66.7 Å². The van der Waals surface area contributed by atoms with Gasteiger partial charge in [-0.1, -0.05) is 74.9 Å². The van der Waals surface area contributed by atoms with Crippen molar-refractivity contribution >= 4 is 17.3 Å². The monoisotopic (exact) mass is 383 g/mol. The fraction of sp³-hybridized carbons (Fsp3) is 0.296. The molecule has 1 unspecified atom stereocenters. The van der Waals surface area contributed by atoms with Crippen molar-refractivity contribution in [3.63, 3.8) is 0 Å². The molecule has 0 N–H and O–H groups in total. The predicted octanol–water partition coefficient (Wildman–Crippen LogP) is 6.59. The second-order valence-electron chi connectivity index (χ2n) is 9.45. The molecule has 3 aromatic rings. The number of carbonyl (C=O) groups excluding carboxylic acids is 1. The summed E-state index contributed by atoms with van der Waals surface area (Å²) in [6.45, 7) is 12.8. The van der Waals surface area contributed by atoms with E-state index >= 15 is 0 Å². The Bertz CT molecular complexity index is 1090. The van der Waals surface area contributed by atoms with Gasteiger partial charge < -0.3 is 0 Å². The van der Waals surface area contributed by atoms with Gasteiger partial charge in [0.25, 0.3) is 0 Å². The average molecular weight is 384 g/mol. The molecule has 2 heteroatoms. The predicted molar refractivity (Wildman–Crippen MR) is 121 cm³/mol. The number of aryl methyl sites for hydroxylation is 2. The Kier molecular flexibility index (Phi) is 4.42. The van der Waals surface area contributed by atoms with Crippen LogP contribution in [0.25, 0.3) is 0 Å². The SMILES string of the molecule is Cc1cccc(N2C(=O)C(C)(c3ccc(C(C)(C)C)cc3)c3cc(C)ccc32)c1. The number of hydrogen-bond donors (Lipinski definition) is 0. The summed E-state index contributed by atoms with van der Waals surface area (Å²) < 4.78 is 0. The van der Waals surface area contributed by atoms with Crippen LogP contribution < -0.4 is 4.90 Å². The van der Waals surface area contributed by atoms with Crippen LogP contribution in [0.1, 0.15) is 55.5 Å². The minimum absolute atomic E-state index is 0.0845. The summed E-state index contributed by atoms with van der Waals surface area (Å²) in [5, 5.41) is 0. The maximum absolute atomic E-state index is 13.9. The second kappa shape index (κ2) is 6.59. The number of amides is 1. The zero-order valence-corrected chi connectivity index (χ0v) is 18.2. The van der Waals surface area contributed by atoms with Crippen LogP contribution in [-0.2, 0) is 15.6 Å². The summed E-state index contributed by atoms with van der Waals surface area (Å²) in [4.78, 5) is 15.8. The Morgan fingerprint density at radius 2 is 1.48 bits per heavy atom. The third-order valence-corrected chi connectivity index (χ3v) is 6.15. The molecule has 0 radical (unpaired) electrons. The number of hydrogen-bond acceptors (Lipinski definition) is 1. The summed E-state index contributed by atoms with van der Waals surface area (Å²) in [5.41, 5.74) is 6.99. The van der Waals surface area contributed by atoms with Gasteiger partial charge >= 0.3 is 0 Å². The highest BCUT2D eigenvalue weighted by Gasteiger charge is 2.49. The van der Waals surface area contributed by atoms with Gasteiger partial charge in [-0.3, -0.25) is 9.69 Å². The Morgan fingerprint density at radius 1 is 0.828 bits per heavy atom. The molecule has 2 nitrogen and oxygen atoms in total. The molecule has 148 valence electrons. The summed E-state index contributed by atoms with van der Waals surface area (Å²) in [6.07, 6.45) is 0. The third-order valence-electron chi connectivity index (χ3n) is 6.15. The van der Waals surface area contributed by atoms with Crippen molar-refractivity contribution < 1.29 is 4.79 Å².